The van der Waals surface area contributed by atoms with E-state index in [9.17, 15) is 4.79 Å². The Kier molecular flexibility index (Phi) is 5.60. The first-order valence-corrected chi connectivity index (χ1v) is 7.35. The van der Waals surface area contributed by atoms with E-state index >= 15 is 0 Å². The van der Waals surface area contributed by atoms with Crippen molar-refractivity contribution < 1.29 is 9.53 Å². The summed E-state index contributed by atoms with van der Waals surface area (Å²) >= 11 is 0. The molecule has 2 saturated heterocycles. The highest BCUT2D eigenvalue weighted by molar-refractivity contribution is 5.80. The van der Waals surface area contributed by atoms with Crippen molar-refractivity contribution in [2.75, 3.05) is 26.2 Å². The van der Waals surface area contributed by atoms with E-state index in [1.165, 1.54) is 12.8 Å². The Hall–Kier alpha value is -0.450. The topological polar surface area (TPSA) is 55.6 Å². The van der Waals surface area contributed by atoms with Gasteiger partial charge in [-0.15, -0.1) is 0 Å². The van der Waals surface area contributed by atoms with E-state index in [4.69, 9.17) is 10.5 Å². The number of likely N-dealkylation sites (tertiary alicyclic amines) is 1. The minimum Gasteiger partial charge on any atom is -0.378 e. The van der Waals surface area contributed by atoms with Crippen LogP contribution in [0, 0.1) is 0 Å². The zero-order valence-electron chi connectivity index (χ0n) is 11.3. The van der Waals surface area contributed by atoms with Gasteiger partial charge in [-0.05, 0) is 38.5 Å². The van der Waals surface area contributed by atoms with E-state index in [0.29, 0.717) is 30.9 Å². The first-order chi connectivity index (χ1) is 8.74. The number of piperidine rings is 1. The molecule has 104 valence electrons. The quantitative estimate of drug-likeness (QED) is 0.777. The Morgan fingerprint density at radius 2 is 2.06 bits per heavy atom. The molecule has 1 unspecified atom stereocenters. The lowest BCUT2D eigenvalue weighted by atomic mass is 10.0. The number of rotatable bonds is 6. The molecule has 0 aromatic rings. The second-order valence-corrected chi connectivity index (χ2v) is 5.68. The van der Waals surface area contributed by atoms with Crippen molar-refractivity contribution in [1.29, 1.82) is 0 Å². The molecule has 0 aromatic heterocycles. The van der Waals surface area contributed by atoms with Crippen LogP contribution < -0.4 is 5.73 Å². The van der Waals surface area contributed by atoms with E-state index in [-0.39, 0.29) is 0 Å². The summed E-state index contributed by atoms with van der Waals surface area (Å²) in [4.78, 5) is 14.1. The van der Waals surface area contributed by atoms with E-state index in [1.54, 1.807) is 0 Å². The monoisotopic (exact) mass is 254 g/mol. The van der Waals surface area contributed by atoms with E-state index in [1.807, 2.05) is 0 Å². The van der Waals surface area contributed by atoms with Gasteiger partial charge in [-0.2, -0.15) is 0 Å². The number of nitrogens with zero attached hydrogens (tertiary/aromatic N) is 1. The van der Waals surface area contributed by atoms with Crippen LogP contribution in [0.25, 0.3) is 0 Å². The Morgan fingerprint density at radius 1 is 1.28 bits per heavy atom. The molecule has 0 aliphatic carbocycles. The molecule has 2 N–H and O–H groups in total. The highest BCUT2D eigenvalue weighted by Gasteiger charge is 2.19. The minimum atomic E-state index is 0.343. The largest absolute Gasteiger partial charge is 0.378 e. The lowest BCUT2D eigenvalue weighted by Crippen LogP contribution is -2.41. The van der Waals surface area contributed by atoms with E-state index in [0.717, 1.165) is 45.4 Å². The summed E-state index contributed by atoms with van der Waals surface area (Å²) in [6, 6.07) is 0.343. The highest BCUT2D eigenvalue weighted by Crippen LogP contribution is 2.18. The predicted octanol–water partition coefficient (Wildman–Crippen LogP) is 1.33. The fourth-order valence-electron chi connectivity index (χ4n) is 2.84. The normalized spacial score (nSPS) is 26.6. The van der Waals surface area contributed by atoms with E-state index < -0.39 is 0 Å². The van der Waals surface area contributed by atoms with Gasteiger partial charge in [0, 0.05) is 32.2 Å². The lowest BCUT2D eigenvalue weighted by Gasteiger charge is -2.29. The summed E-state index contributed by atoms with van der Waals surface area (Å²) in [5.41, 5.74) is 5.85. The second-order valence-electron chi connectivity index (χ2n) is 5.68. The van der Waals surface area contributed by atoms with Crippen LogP contribution in [0.5, 0.6) is 0 Å². The van der Waals surface area contributed by atoms with Gasteiger partial charge in [-0.25, -0.2) is 0 Å². The molecule has 18 heavy (non-hydrogen) atoms. The standard InChI is InChI=1S/C14H26N2O2/c15-12-6-8-16(9-7-12)11-13(17)3-1-4-14-5-2-10-18-14/h12,14H,1-11,15H2. The zero-order chi connectivity index (χ0) is 12.8. The number of ether oxygens (including phenoxy) is 1. The SMILES string of the molecule is NC1CCN(CC(=O)CCCC2CCCO2)CC1. The van der Waals surface area contributed by atoms with Crippen LogP contribution in [0.15, 0.2) is 0 Å². The van der Waals surface area contributed by atoms with Crippen molar-refractivity contribution in [2.45, 2.75) is 57.1 Å². The van der Waals surface area contributed by atoms with Crippen molar-refractivity contribution in [2.24, 2.45) is 5.73 Å². The number of hydrogen-bond acceptors (Lipinski definition) is 4. The maximum absolute atomic E-state index is 11.9. The van der Waals surface area contributed by atoms with Gasteiger partial charge in [0.25, 0.3) is 0 Å². The van der Waals surface area contributed by atoms with E-state index in [2.05, 4.69) is 4.90 Å². The molecule has 4 heteroatoms. The van der Waals surface area contributed by atoms with Crippen molar-refractivity contribution in [1.82, 2.24) is 4.90 Å². The minimum absolute atomic E-state index is 0.343. The van der Waals surface area contributed by atoms with Crippen LogP contribution in [0.2, 0.25) is 0 Å². The van der Waals surface area contributed by atoms with Crippen molar-refractivity contribution >= 4 is 5.78 Å². The average molecular weight is 254 g/mol. The van der Waals surface area contributed by atoms with Gasteiger partial charge in [0.05, 0.1) is 12.6 Å². The van der Waals surface area contributed by atoms with Crippen LogP contribution in [0.4, 0.5) is 0 Å². The third-order valence-electron chi connectivity index (χ3n) is 4.04. The third-order valence-corrected chi connectivity index (χ3v) is 4.04. The summed E-state index contributed by atoms with van der Waals surface area (Å²) in [5.74, 6) is 0.378. The smallest absolute Gasteiger partial charge is 0.146 e. The van der Waals surface area contributed by atoms with Crippen LogP contribution in [0.3, 0.4) is 0 Å². The molecule has 2 heterocycles. The highest BCUT2D eigenvalue weighted by atomic mass is 16.5. The maximum Gasteiger partial charge on any atom is 0.146 e. The van der Waals surface area contributed by atoms with Crippen LogP contribution in [-0.4, -0.2) is 49.1 Å². The molecule has 0 radical (unpaired) electrons. The molecule has 0 spiro atoms. The number of Topliss-reactive ketones (excluding diaryl/α,β-unsaturated/α-hetero) is 1. The van der Waals surface area contributed by atoms with Crippen LogP contribution in [-0.2, 0) is 9.53 Å². The molecule has 0 bridgehead atoms. The van der Waals surface area contributed by atoms with Gasteiger partial charge >= 0.3 is 0 Å². The maximum atomic E-state index is 11.9. The first-order valence-electron chi connectivity index (χ1n) is 7.35. The average Bonchev–Trinajstić information content (AvgIpc) is 2.85. The Labute approximate surface area is 110 Å². The number of carbonyl (C=O) groups is 1. The van der Waals surface area contributed by atoms with Crippen molar-refractivity contribution in [3.05, 3.63) is 0 Å². The molecular formula is C14H26N2O2. The lowest BCUT2D eigenvalue weighted by molar-refractivity contribution is -0.120. The summed E-state index contributed by atoms with van der Waals surface area (Å²) in [6.07, 6.45) is 7.60. The van der Waals surface area contributed by atoms with Crippen LogP contribution >= 0.6 is 0 Å². The molecule has 4 nitrogen and oxygen atoms in total. The van der Waals surface area contributed by atoms with Gasteiger partial charge in [0.1, 0.15) is 5.78 Å². The predicted molar refractivity (Wildman–Crippen MR) is 71.5 cm³/mol. The van der Waals surface area contributed by atoms with Gasteiger partial charge in [-0.1, -0.05) is 0 Å². The van der Waals surface area contributed by atoms with Crippen molar-refractivity contribution in [3.63, 3.8) is 0 Å². The fourth-order valence-corrected chi connectivity index (χ4v) is 2.84. The number of hydrogen-bond donors (Lipinski definition) is 1. The summed E-state index contributed by atoms with van der Waals surface area (Å²) in [7, 11) is 0. The molecule has 2 aliphatic heterocycles. The van der Waals surface area contributed by atoms with Gasteiger partial charge < -0.3 is 10.5 Å². The van der Waals surface area contributed by atoms with Gasteiger partial charge in [0.15, 0.2) is 0 Å². The molecule has 2 fully saturated rings. The fraction of sp³-hybridized carbons (Fsp3) is 0.929. The zero-order valence-corrected chi connectivity index (χ0v) is 11.3. The molecular weight excluding hydrogens is 228 g/mol. The third kappa shape index (κ3) is 4.67. The number of nitrogens with two attached hydrogens (primary N) is 1. The first kappa shape index (κ1) is 14.0. The number of ketones is 1. The Bertz CT molecular complexity index is 257. The summed E-state index contributed by atoms with van der Waals surface area (Å²) < 4.78 is 5.56. The van der Waals surface area contributed by atoms with Gasteiger partial charge in [-0.3, -0.25) is 9.69 Å². The molecule has 0 saturated carbocycles. The Morgan fingerprint density at radius 3 is 2.72 bits per heavy atom. The molecule has 0 aromatic carbocycles. The number of carbonyl (C=O) groups excluding carboxylic acids is 1. The van der Waals surface area contributed by atoms with Gasteiger partial charge in [0.2, 0.25) is 0 Å². The molecule has 0 amide bonds. The molecule has 1 atom stereocenters. The summed E-state index contributed by atoms with van der Waals surface area (Å²) in [5, 5.41) is 0. The molecule has 2 aliphatic rings. The summed E-state index contributed by atoms with van der Waals surface area (Å²) in [6.45, 7) is 3.50. The van der Waals surface area contributed by atoms with Crippen LogP contribution in [0.1, 0.15) is 44.9 Å². The Balaban J connectivity index is 1.54. The second kappa shape index (κ2) is 7.22. The van der Waals surface area contributed by atoms with Crippen molar-refractivity contribution in [3.8, 4) is 0 Å². The molecule has 2 rings (SSSR count).